The summed E-state index contributed by atoms with van der Waals surface area (Å²) in [5.41, 5.74) is 2.43. The van der Waals surface area contributed by atoms with E-state index in [2.05, 4.69) is 32.9 Å². The van der Waals surface area contributed by atoms with E-state index in [9.17, 15) is 4.79 Å². The Bertz CT molecular complexity index is 567. The van der Waals surface area contributed by atoms with Crippen molar-refractivity contribution in [3.63, 3.8) is 0 Å². The largest absolute Gasteiger partial charge is 0.461 e. The monoisotopic (exact) mass is 254 g/mol. The second kappa shape index (κ2) is 5.27. The van der Waals surface area contributed by atoms with Crippen molar-refractivity contribution in [2.24, 2.45) is 0 Å². The van der Waals surface area contributed by atoms with Gasteiger partial charge in [-0.05, 0) is 34.8 Å². The lowest BCUT2D eigenvalue weighted by atomic mass is 9.87. The van der Waals surface area contributed by atoms with Gasteiger partial charge in [-0.3, -0.25) is 4.79 Å². The number of rotatable bonds is 3. The van der Waals surface area contributed by atoms with Gasteiger partial charge in [0.2, 0.25) is 5.78 Å². The van der Waals surface area contributed by atoms with Crippen LogP contribution in [0, 0.1) is 0 Å². The van der Waals surface area contributed by atoms with Crippen molar-refractivity contribution in [1.29, 1.82) is 0 Å². The molecule has 98 valence electrons. The third-order valence-corrected chi connectivity index (χ3v) is 2.97. The molecule has 0 atom stereocenters. The fourth-order valence-electron chi connectivity index (χ4n) is 1.77. The van der Waals surface area contributed by atoms with Crippen LogP contribution in [-0.4, -0.2) is 5.78 Å². The maximum absolute atomic E-state index is 11.7. The third-order valence-electron chi connectivity index (χ3n) is 2.97. The maximum atomic E-state index is 11.7. The Kier molecular flexibility index (Phi) is 3.70. The van der Waals surface area contributed by atoms with E-state index in [4.69, 9.17) is 4.42 Å². The van der Waals surface area contributed by atoms with Gasteiger partial charge < -0.3 is 4.42 Å². The molecule has 0 bridgehead atoms. The van der Waals surface area contributed by atoms with Gasteiger partial charge in [-0.25, -0.2) is 0 Å². The van der Waals surface area contributed by atoms with Crippen molar-refractivity contribution in [3.8, 4) is 0 Å². The second-order valence-corrected chi connectivity index (χ2v) is 5.55. The van der Waals surface area contributed by atoms with Gasteiger partial charge in [0.25, 0.3) is 0 Å². The molecule has 2 nitrogen and oxygen atoms in total. The molecule has 1 aromatic carbocycles. The zero-order valence-corrected chi connectivity index (χ0v) is 11.5. The van der Waals surface area contributed by atoms with Crippen LogP contribution in [0.25, 0.3) is 6.08 Å². The normalized spacial score (nSPS) is 11.9. The summed E-state index contributed by atoms with van der Waals surface area (Å²) in [6.07, 6.45) is 4.83. The summed E-state index contributed by atoms with van der Waals surface area (Å²) in [5, 5.41) is 0. The first-order valence-corrected chi connectivity index (χ1v) is 6.33. The van der Waals surface area contributed by atoms with Crippen molar-refractivity contribution in [2.45, 2.75) is 26.2 Å². The lowest BCUT2D eigenvalue weighted by Gasteiger charge is -2.18. The Labute approximate surface area is 113 Å². The highest BCUT2D eigenvalue weighted by molar-refractivity contribution is 6.04. The van der Waals surface area contributed by atoms with Crippen LogP contribution in [0.5, 0.6) is 0 Å². The van der Waals surface area contributed by atoms with E-state index in [0.29, 0.717) is 5.76 Å². The van der Waals surface area contributed by atoms with Gasteiger partial charge in [0.05, 0.1) is 6.26 Å². The van der Waals surface area contributed by atoms with Crippen molar-refractivity contribution in [2.75, 3.05) is 0 Å². The van der Waals surface area contributed by atoms with Gasteiger partial charge in [0.1, 0.15) is 0 Å². The second-order valence-electron chi connectivity index (χ2n) is 5.55. The molecule has 2 rings (SSSR count). The Hall–Kier alpha value is -2.09. The van der Waals surface area contributed by atoms with Gasteiger partial charge in [0.15, 0.2) is 5.76 Å². The molecule has 2 aromatic rings. The minimum absolute atomic E-state index is 0.120. The number of allylic oxidation sites excluding steroid dienone is 1. The first-order valence-electron chi connectivity index (χ1n) is 6.33. The molecule has 0 aliphatic carbocycles. The molecular weight excluding hydrogens is 236 g/mol. The highest BCUT2D eigenvalue weighted by atomic mass is 16.3. The number of benzene rings is 1. The Morgan fingerprint density at radius 1 is 1.11 bits per heavy atom. The summed E-state index contributed by atoms with van der Waals surface area (Å²) >= 11 is 0. The first kappa shape index (κ1) is 13.3. The van der Waals surface area contributed by atoms with Crippen LogP contribution in [0.1, 0.15) is 42.5 Å². The van der Waals surface area contributed by atoms with Gasteiger partial charge >= 0.3 is 0 Å². The van der Waals surface area contributed by atoms with E-state index in [1.54, 1.807) is 18.2 Å². The number of hydrogen-bond acceptors (Lipinski definition) is 2. The van der Waals surface area contributed by atoms with Crippen LogP contribution < -0.4 is 0 Å². The standard InChI is InChI=1S/C17H18O2/c1-17(2,3)14-9-6-13(7-10-14)8-11-15(18)16-5-4-12-19-16/h4-12H,1-3H3/b11-8+. The predicted octanol–water partition coefficient (Wildman–Crippen LogP) is 4.47. The SMILES string of the molecule is CC(C)(C)c1ccc(/C=C/C(=O)c2ccco2)cc1. The van der Waals surface area contributed by atoms with E-state index in [-0.39, 0.29) is 11.2 Å². The quantitative estimate of drug-likeness (QED) is 0.597. The molecule has 0 amide bonds. The molecular formula is C17H18O2. The van der Waals surface area contributed by atoms with Crippen molar-refractivity contribution < 1.29 is 9.21 Å². The molecule has 19 heavy (non-hydrogen) atoms. The van der Waals surface area contributed by atoms with Crippen LogP contribution in [0.3, 0.4) is 0 Å². The molecule has 0 fully saturated rings. The van der Waals surface area contributed by atoms with Crippen LogP contribution in [0.15, 0.2) is 53.2 Å². The van der Waals surface area contributed by atoms with E-state index >= 15 is 0 Å². The molecule has 0 saturated carbocycles. The lowest BCUT2D eigenvalue weighted by Crippen LogP contribution is -2.10. The first-order chi connectivity index (χ1) is 8.97. The van der Waals surface area contributed by atoms with Crippen LogP contribution in [0.4, 0.5) is 0 Å². The number of furan rings is 1. The molecule has 0 radical (unpaired) electrons. The van der Waals surface area contributed by atoms with E-state index < -0.39 is 0 Å². The highest BCUT2D eigenvalue weighted by Gasteiger charge is 2.12. The third kappa shape index (κ3) is 3.44. The van der Waals surface area contributed by atoms with Gasteiger partial charge in [0, 0.05) is 0 Å². The number of ketones is 1. The Morgan fingerprint density at radius 3 is 2.32 bits per heavy atom. The molecule has 0 N–H and O–H groups in total. The van der Waals surface area contributed by atoms with Gasteiger partial charge in [-0.15, -0.1) is 0 Å². The van der Waals surface area contributed by atoms with Crippen LogP contribution in [0.2, 0.25) is 0 Å². The number of carbonyl (C=O) groups excluding carboxylic acids is 1. The Balaban J connectivity index is 2.10. The summed E-state index contributed by atoms with van der Waals surface area (Å²) in [7, 11) is 0. The fourth-order valence-corrected chi connectivity index (χ4v) is 1.77. The molecule has 1 heterocycles. The molecule has 0 saturated heterocycles. The summed E-state index contributed by atoms with van der Waals surface area (Å²) in [6.45, 7) is 6.54. The molecule has 1 aromatic heterocycles. The topological polar surface area (TPSA) is 30.2 Å². The minimum Gasteiger partial charge on any atom is -0.461 e. The van der Waals surface area contributed by atoms with Crippen molar-refractivity contribution in [3.05, 3.63) is 65.6 Å². The molecule has 0 aliphatic heterocycles. The molecule has 2 heteroatoms. The Morgan fingerprint density at radius 2 is 1.79 bits per heavy atom. The van der Waals surface area contributed by atoms with Crippen LogP contribution >= 0.6 is 0 Å². The zero-order chi connectivity index (χ0) is 13.9. The molecule has 0 unspecified atom stereocenters. The van der Waals surface area contributed by atoms with E-state index in [0.717, 1.165) is 5.56 Å². The zero-order valence-electron chi connectivity index (χ0n) is 11.5. The van der Waals surface area contributed by atoms with Crippen LogP contribution in [-0.2, 0) is 5.41 Å². The van der Waals surface area contributed by atoms with Gasteiger partial charge in [-0.1, -0.05) is 51.1 Å². The predicted molar refractivity (Wildman–Crippen MR) is 77.2 cm³/mol. The smallest absolute Gasteiger partial charge is 0.221 e. The summed E-state index contributed by atoms with van der Waals surface area (Å²) < 4.78 is 5.05. The summed E-state index contributed by atoms with van der Waals surface area (Å²) in [5.74, 6) is 0.243. The minimum atomic E-state index is -0.120. The number of hydrogen-bond donors (Lipinski definition) is 0. The number of carbonyl (C=O) groups is 1. The van der Waals surface area contributed by atoms with Crippen molar-refractivity contribution >= 4 is 11.9 Å². The molecule has 0 aliphatic rings. The maximum Gasteiger partial charge on any atom is 0.221 e. The van der Waals surface area contributed by atoms with E-state index in [1.165, 1.54) is 17.9 Å². The summed E-state index contributed by atoms with van der Waals surface area (Å²) in [6, 6.07) is 11.6. The average Bonchev–Trinajstić information content (AvgIpc) is 2.89. The lowest BCUT2D eigenvalue weighted by molar-refractivity contribution is 0.102. The average molecular weight is 254 g/mol. The van der Waals surface area contributed by atoms with Crippen molar-refractivity contribution in [1.82, 2.24) is 0 Å². The molecule has 0 spiro atoms. The fraction of sp³-hybridized carbons (Fsp3) is 0.235. The summed E-state index contributed by atoms with van der Waals surface area (Å²) in [4.78, 5) is 11.7. The highest BCUT2D eigenvalue weighted by Crippen LogP contribution is 2.22. The van der Waals surface area contributed by atoms with Gasteiger partial charge in [-0.2, -0.15) is 0 Å². The van der Waals surface area contributed by atoms with E-state index in [1.807, 2.05) is 12.1 Å².